The van der Waals surface area contributed by atoms with Gasteiger partial charge in [-0.1, -0.05) is 6.08 Å². The molecule has 1 heterocycles. The lowest BCUT2D eigenvalue weighted by Crippen LogP contribution is -2.53. The first kappa shape index (κ1) is 21.4. The van der Waals surface area contributed by atoms with Gasteiger partial charge < -0.3 is 18.9 Å². The number of rotatable bonds is 8. The Labute approximate surface area is 152 Å². The first-order valence-corrected chi connectivity index (χ1v) is 8.29. The van der Waals surface area contributed by atoms with Crippen LogP contribution < -0.4 is 0 Å². The molecule has 0 unspecified atom stereocenters. The van der Waals surface area contributed by atoms with Crippen molar-refractivity contribution in [3.63, 3.8) is 0 Å². The molecule has 144 valence electrons. The fraction of sp³-hybridized carbons (Fsp3) is 0.556. The molecular weight excluding hydrogens is 344 g/mol. The minimum absolute atomic E-state index is 0.0481. The molecule has 0 bridgehead atoms. The Hall–Kier alpha value is -2.64. The summed E-state index contributed by atoms with van der Waals surface area (Å²) in [5, 5.41) is 0. The van der Waals surface area contributed by atoms with Crippen LogP contribution in [0.1, 0.15) is 27.7 Å². The highest BCUT2D eigenvalue weighted by Gasteiger charge is 2.58. The highest BCUT2D eigenvalue weighted by atomic mass is 16.6. The van der Waals surface area contributed by atoms with E-state index in [4.69, 9.17) is 18.9 Å². The minimum Gasteiger partial charge on any atom is -0.491 e. The van der Waals surface area contributed by atoms with Crippen molar-refractivity contribution >= 4 is 24.2 Å². The van der Waals surface area contributed by atoms with Crippen LogP contribution in [0.15, 0.2) is 24.0 Å². The summed E-state index contributed by atoms with van der Waals surface area (Å²) >= 11 is 0. The molecular formula is C18H24O8. The van der Waals surface area contributed by atoms with Gasteiger partial charge in [-0.3, -0.25) is 19.2 Å². The standard InChI is InChI=1S/C18H24O8/c1-5-23-16(21)18(17(22)24-6-2)10-12(3)26-15(11-25-13(4)20)14(18)8-7-9-19/h7-10,14-15H,5-6,11H2,1-4H3/b8-7+/t14-,15+/m0/s1. The predicted molar refractivity (Wildman–Crippen MR) is 89.7 cm³/mol. The Morgan fingerprint density at radius 3 is 2.19 bits per heavy atom. The molecule has 0 fully saturated rings. The number of allylic oxidation sites excluding steroid dienone is 2. The summed E-state index contributed by atoms with van der Waals surface area (Å²) in [7, 11) is 0. The number of hydrogen-bond acceptors (Lipinski definition) is 8. The third kappa shape index (κ3) is 4.71. The van der Waals surface area contributed by atoms with Crippen molar-refractivity contribution < 1.29 is 38.1 Å². The number of carbonyl (C=O) groups excluding carboxylic acids is 4. The topological polar surface area (TPSA) is 105 Å². The van der Waals surface area contributed by atoms with E-state index in [2.05, 4.69) is 0 Å². The summed E-state index contributed by atoms with van der Waals surface area (Å²) in [5.74, 6) is -2.88. The number of aldehydes is 1. The smallest absolute Gasteiger partial charge is 0.328 e. The molecule has 2 atom stereocenters. The Kier molecular flexibility index (Phi) is 8.02. The van der Waals surface area contributed by atoms with Gasteiger partial charge in [0.05, 0.1) is 19.0 Å². The summed E-state index contributed by atoms with van der Waals surface area (Å²) in [6.45, 7) is 5.89. The van der Waals surface area contributed by atoms with Crippen LogP contribution in [-0.2, 0) is 38.1 Å². The molecule has 8 heteroatoms. The third-order valence-corrected chi connectivity index (χ3v) is 3.77. The average Bonchev–Trinajstić information content (AvgIpc) is 2.58. The highest BCUT2D eigenvalue weighted by Crippen LogP contribution is 2.42. The van der Waals surface area contributed by atoms with Crippen LogP contribution in [0, 0.1) is 11.3 Å². The fourth-order valence-electron chi connectivity index (χ4n) is 2.81. The number of carbonyl (C=O) groups is 4. The molecule has 0 saturated carbocycles. The van der Waals surface area contributed by atoms with E-state index < -0.39 is 35.3 Å². The van der Waals surface area contributed by atoms with E-state index in [1.807, 2.05) is 0 Å². The Balaban J connectivity index is 3.50. The van der Waals surface area contributed by atoms with E-state index in [0.29, 0.717) is 6.29 Å². The molecule has 0 aromatic heterocycles. The van der Waals surface area contributed by atoms with Gasteiger partial charge in [0.25, 0.3) is 0 Å². The van der Waals surface area contributed by atoms with Crippen molar-refractivity contribution in [2.24, 2.45) is 11.3 Å². The van der Waals surface area contributed by atoms with Crippen LogP contribution in [0.3, 0.4) is 0 Å². The van der Waals surface area contributed by atoms with Crippen LogP contribution in [-0.4, -0.2) is 50.1 Å². The van der Waals surface area contributed by atoms with Gasteiger partial charge in [0.1, 0.15) is 19.0 Å². The van der Waals surface area contributed by atoms with Crippen molar-refractivity contribution in [2.45, 2.75) is 33.8 Å². The number of ether oxygens (including phenoxy) is 4. The predicted octanol–water partition coefficient (Wildman–Crippen LogP) is 1.34. The van der Waals surface area contributed by atoms with E-state index in [1.165, 1.54) is 19.1 Å². The fourth-order valence-corrected chi connectivity index (χ4v) is 2.81. The van der Waals surface area contributed by atoms with Gasteiger partial charge in [0.15, 0.2) is 5.41 Å². The van der Waals surface area contributed by atoms with Crippen LogP contribution >= 0.6 is 0 Å². The van der Waals surface area contributed by atoms with Crippen LogP contribution in [0.2, 0.25) is 0 Å². The first-order chi connectivity index (χ1) is 12.3. The lowest BCUT2D eigenvalue weighted by Gasteiger charge is -2.40. The maximum absolute atomic E-state index is 12.8. The Morgan fingerprint density at radius 2 is 1.73 bits per heavy atom. The first-order valence-electron chi connectivity index (χ1n) is 8.29. The zero-order valence-electron chi connectivity index (χ0n) is 15.4. The average molecular weight is 368 g/mol. The molecule has 0 radical (unpaired) electrons. The van der Waals surface area contributed by atoms with Crippen LogP contribution in [0.4, 0.5) is 0 Å². The summed E-state index contributed by atoms with van der Waals surface area (Å²) < 4.78 is 20.9. The van der Waals surface area contributed by atoms with Crippen LogP contribution in [0.25, 0.3) is 0 Å². The highest BCUT2D eigenvalue weighted by molar-refractivity contribution is 6.03. The molecule has 1 rings (SSSR count). The van der Waals surface area contributed by atoms with Crippen molar-refractivity contribution in [1.29, 1.82) is 0 Å². The number of esters is 3. The Morgan fingerprint density at radius 1 is 1.15 bits per heavy atom. The summed E-state index contributed by atoms with van der Waals surface area (Å²) in [6, 6.07) is 0. The summed E-state index contributed by atoms with van der Waals surface area (Å²) in [5.41, 5.74) is -1.85. The zero-order chi connectivity index (χ0) is 19.7. The van der Waals surface area contributed by atoms with E-state index in [0.717, 1.165) is 6.08 Å². The van der Waals surface area contributed by atoms with Gasteiger partial charge in [0, 0.05) is 12.8 Å². The largest absolute Gasteiger partial charge is 0.491 e. The van der Waals surface area contributed by atoms with Crippen molar-refractivity contribution in [3.8, 4) is 0 Å². The second-order valence-electron chi connectivity index (χ2n) is 5.57. The SMILES string of the molecule is CCOC(=O)C1(C(=O)OCC)C=C(C)O[C@H](COC(C)=O)[C@@H]1/C=C/C=O. The Bertz CT molecular complexity index is 586. The quantitative estimate of drug-likeness (QED) is 0.208. The maximum Gasteiger partial charge on any atom is 0.328 e. The van der Waals surface area contributed by atoms with Crippen LogP contribution in [0.5, 0.6) is 0 Å². The molecule has 1 aliphatic heterocycles. The summed E-state index contributed by atoms with van der Waals surface area (Å²) in [6.07, 6.45) is 3.46. The summed E-state index contributed by atoms with van der Waals surface area (Å²) in [4.78, 5) is 47.6. The van der Waals surface area contributed by atoms with Crippen molar-refractivity contribution in [2.75, 3.05) is 19.8 Å². The van der Waals surface area contributed by atoms with Crippen molar-refractivity contribution in [3.05, 3.63) is 24.0 Å². The molecule has 0 N–H and O–H groups in total. The van der Waals surface area contributed by atoms with Gasteiger partial charge in [-0.05, 0) is 32.9 Å². The molecule has 0 aromatic rings. The van der Waals surface area contributed by atoms with Crippen molar-refractivity contribution in [1.82, 2.24) is 0 Å². The van der Waals surface area contributed by atoms with Gasteiger partial charge in [-0.15, -0.1) is 0 Å². The lowest BCUT2D eigenvalue weighted by atomic mass is 9.70. The second-order valence-corrected chi connectivity index (χ2v) is 5.57. The lowest BCUT2D eigenvalue weighted by molar-refractivity contribution is -0.177. The van der Waals surface area contributed by atoms with E-state index in [-0.39, 0.29) is 25.6 Å². The zero-order valence-corrected chi connectivity index (χ0v) is 15.4. The van der Waals surface area contributed by atoms with Gasteiger partial charge in [-0.2, -0.15) is 0 Å². The van der Waals surface area contributed by atoms with E-state index >= 15 is 0 Å². The minimum atomic E-state index is -1.85. The molecule has 8 nitrogen and oxygen atoms in total. The second kappa shape index (κ2) is 9.74. The number of hydrogen-bond donors (Lipinski definition) is 0. The van der Waals surface area contributed by atoms with E-state index in [9.17, 15) is 19.2 Å². The molecule has 26 heavy (non-hydrogen) atoms. The third-order valence-electron chi connectivity index (χ3n) is 3.77. The van der Waals surface area contributed by atoms with Gasteiger partial charge >= 0.3 is 17.9 Å². The molecule has 0 saturated heterocycles. The van der Waals surface area contributed by atoms with Gasteiger partial charge in [-0.25, -0.2) is 0 Å². The molecule has 0 aliphatic carbocycles. The molecule has 0 amide bonds. The molecule has 1 aliphatic rings. The normalized spacial score (nSPS) is 21.3. The molecule has 0 spiro atoms. The maximum atomic E-state index is 12.8. The monoisotopic (exact) mass is 368 g/mol. The van der Waals surface area contributed by atoms with E-state index in [1.54, 1.807) is 20.8 Å². The molecule has 0 aromatic carbocycles. The van der Waals surface area contributed by atoms with Gasteiger partial charge in [0.2, 0.25) is 0 Å².